The molecule has 0 bridgehead atoms. The number of nitrogens with zero attached hydrogens (tertiary/aromatic N) is 5. The number of phenols is 1. The van der Waals surface area contributed by atoms with Gasteiger partial charge in [0.05, 0.1) is 31.4 Å². The van der Waals surface area contributed by atoms with Crippen molar-refractivity contribution >= 4 is 92.6 Å². The standard InChI is InChI=1S/C31H23ClN6O7S3.2Na/c1-15-12-25(16(2)11-24(15)36-35-22-9-5-18(32)13-26(22)47(40,41)42)37-38-28-27(48(43,44)45)14-21-20(29(28)39)8-10-23-30(21)46-31(34-23)17-3-6-19(33)7-4-17;;/h3-14,39H,33H2,1-2H3,(H,40,41,42)(H,43,44,45);;/q;2*+1/p-2. The molecule has 19 heteroatoms. The van der Waals surface area contributed by atoms with E-state index in [0.717, 1.165) is 17.7 Å². The summed E-state index contributed by atoms with van der Waals surface area (Å²) >= 11 is 7.09. The van der Waals surface area contributed by atoms with Gasteiger partial charge >= 0.3 is 59.1 Å². The van der Waals surface area contributed by atoms with Gasteiger partial charge in [0.15, 0.2) is 5.75 Å². The molecule has 5 aromatic carbocycles. The van der Waals surface area contributed by atoms with Crippen LogP contribution in [0.2, 0.25) is 5.02 Å². The van der Waals surface area contributed by atoms with Crippen molar-refractivity contribution in [3.05, 3.63) is 88.9 Å². The second kappa shape index (κ2) is 15.4. The van der Waals surface area contributed by atoms with Crippen molar-refractivity contribution in [2.75, 3.05) is 5.73 Å². The average molecular weight is 767 g/mol. The smallest absolute Gasteiger partial charge is 0.744 e. The fourth-order valence-electron chi connectivity index (χ4n) is 4.83. The van der Waals surface area contributed by atoms with Gasteiger partial charge in [-0.3, -0.25) is 0 Å². The number of aromatic hydroxyl groups is 1. The summed E-state index contributed by atoms with van der Waals surface area (Å²) in [7, 11) is -10.0. The van der Waals surface area contributed by atoms with Gasteiger partial charge in [0.1, 0.15) is 36.6 Å². The third-order valence-electron chi connectivity index (χ3n) is 7.24. The molecule has 3 N–H and O–H groups in total. The summed E-state index contributed by atoms with van der Waals surface area (Å²) in [5.74, 6) is -0.554. The molecule has 1 aromatic heterocycles. The maximum absolute atomic E-state index is 12.4. The summed E-state index contributed by atoms with van der Waals surface area (Å²) in [5, 5.41) is 28.6. The molecular formula is C31H21ClN6Na2O7S3. The Kier molecular flexibility index (Phi) is 12.3. The molecule has 0 saturated heterocycles. The molecule has 1 heterocycles. The fraction of sp³-hybridized carbons (Fsp3) is 0.0645. The van der Waals surface area contributed by atoms with Crippen LogP contribution >= 0.6 is 22.9 Å². The van der Waals surface area contributed by atoms with Gasteiger partial charge in [-0.05, 0) is 97.8 Å². The van der Waals surface area contributed by atoms with Gasteiger partial charge in [-0.15, -0.1) is 21.6 Å². The molecule has 6 aromatic rings. The van der Waals surface area contributed by atoms with Crippen LogP contribution < -0.4 is 64.8 Å². The maximum Gasteiger partial charge on any atom is 1.00 e. The topological polar surface area (TPSA) is 223 Å². The Morgan fingerprint density at radius 3 is 1.92 bits per heavy atom. The summed E-state index contributed by atoms with van der Waals surface area (Å²) in [4.78, 5) is 3.23. The van der Waals surface area contributed by atoms with E-state index in [9.17, 15) is 31.0 Å². The molecule has 0 spiro atoms. The number of phenolic OH excluding ortho intramolecular Hbond substituents is 1. The summed E-state index contributed by atoms with van der Waals surface area (Å²) < 4.78 is 72.8. The molecule has 0 unspecified atom stereocenters. The van der Waals surface area contributed by atoms with Crippen molar-refractivity contribution in [3.8, 4) is 16.3 Å². The van der Waals surface area contributed by atoms with Crippen LogP contribution in [0.15, 0.2) is 103 Å². The number of aromatic nitrogens is 1. The SMILES string of the molecule is Cc1cc(N=Nc2c(S(=O)(=O)[O-])cc3c(ccc4nc(-c5ccc(N)cc5)sc43)c2O)c(C)cc1N=Nc1ccc(Cl)cc1S(=O)(=O)[O-].[Na+].[Na+]. The first-order chi connectivity index (χ1) is 22.6. The third-order valence-corrected chi connectivity index (χ3v) is 10.3. The molecule has 6 rings (SSSR count). The number of azo groups is 2. The Labute approximate surface area is 339 Å². The van der Waals surface area contributed by atoms with Crippen molar-refractivity contribution in [1.82, 2.24) is 4.98 Å². The molecule has 13 nitrogen and oxygen atoms in total. The predicted octanol–water partition coefficient (Wildman–Crippen LogP) is 2.32. The van der Waals surface area contributed by atoms with E-state index in [0.29, 0.717) is 43.1 Å². The normalized spacial score (nSPS) is 12.1. The first kappa shape index (κ1) is 39.9. The Balaban J connectivity index is 0.00000281. The molecule has 244 valence electrons. The van der Waals surface area contributed by atoms with Gasteiger partial charge in [-0.25, -0.2) is 21.8 Å². The molecule has 0 atom stereocenters. The summed E-state index contributed by atoms with van der Waals surface area (Å²) in [6, 6.07) is 18.1. The van der Waals surface area contributed by atoms with E-state index in [4.69, 9.17) is 17.3 Å². The minimum Gasteiger partial charge on any atom is -0.744 e. The number of hydrogen-bond donors (Lipinski definition) is 2. The molecule has 50 heavy (non-hydrogen) atoms. The van der Waals surface area contributed by atoms with Gasteiger partial charge in [0, 0.05) is 27.0 Å². The largest absolute Gasteiger partial charge is 1.00 e. The van der Waals surface area contributed by atoms with Crippen molar-refractivity contribution in [2.24, 2.45) is 20.5 Å². The van der Waals surface area contributed by atoms with Gasteiger partial charge < -0.3 is 19.9 Å². The Hall–Kier alpha value is -2.84. The Bertz CT molecular complexity index is 2580. The van der Waals surface area contributed by atoms with Gasteiger partial charge in [0.2, 0.25) is 0 Å². The van der Waals surface area contributed by atoms with Crippen molar-refractivity contribution in [1.29, 1.82) is 0 Å². The van der Waals surface area contributed by atoms with Crippen LogP contribution in [0.1, 0.15) is 11.1 Å². The number of anilines is 1. The van der Waals surface area contributed by atoms with E-state index in [1.807, 2.05) is 0 Å². The zero-order valence-electron chi connectivity index (χ0n) is 26.7. The summed E-state index contributed by atoms with van der Waals surface area (Å²) in [5.41, 5.74) is 8.50. The monoisotopic (exact) mass is 766 g/mol. The zero-order valence-corrected chi connectivity index (χ0v) is 33.9. The van der Waals surface area contributed by atoms with Crippen molar-refractivity contribution in [3.63, 3.8) is 0 Å². The van der Waals surface area contributed by atoms with E-state index in [1.54, 1.807) is 62.4 Å². The Morgan fingerprint density at radius 1 is 0.740 bits per heavy atom. The quantitative estimate of drug-likeness (QED) is 0.105. The number of nitrogen functional groups attached to an aromatic ring is 1. The van der Waals surface area contributed by atoms with Crippen LogP contribution in [0.25, 0.3) is 31.6 Å². The molecule has 0 radical (unpaired) electrons. The van der Waals surface area contributed by atoms with Crippen molar-refractivity contribution in [2.45, 2.75) is 23.6 Å². The Morgan fingerprint density at radius 2 is 1.32 bits per heavy atom. The third kappa shape index (κ3) is 8.28. The van der Waals surface area contributed by atoms with Crippen LogP contribution in [0.5, 0.6) is 5.75 Å². The van der Waals surface area contributed by atoms with E-state index in [-0.39, 0.29) is 80.9 Å². The van der Waals surface area contributed by atoms with Gasteiger partial charge in [0.25, 0.3) is 0 Å². The number of hydrogen-bond acceptors (Lipinski definition) is 14. The van der Waals surface area contributed by atoms with E-state index < -0.39 is 41.5 Å². The number of benzene rings is 5. The van der Waals surface area contributed by atoms with E-state index in [1.165, 1.54) is 23.5 Å². The van der Waals surface area contributed by atoms with Crippen LogP contribution in [-0.4, -0.2) is 36.0 Å². The number of nitrogens with two attached hydrogens (primary N) is 1. The van der Waals surface area contributed by atoms with E-state index >= 15 is 0 Å². The van der Waals surface area contributed by atoms with Crippen LogP contribution in [0, 0.1) is 13.8 Å². The number of rotatable bonds is 7. The number of halogens is 1. The predicted molar refractivity (Wildman–Crippen MR) is 180 cm³/mol. The minimum atomic E-state index is -5.14. The molecular weight excluding hydrogens is 746 g/mol. The summed E-state index contributed by atoms with van der Waals surface area (Å²) in [6.07, 6.45) is 0. The first-order valence-corrected chi connectivity index (χ1v) is 17.7. The number of fused-ring (bicyclic) bond motifs is 3. The fourth-order valence-corrected chi connectivity index (χ4v) is 7.42. The molecule has 0 aliphatic rings. The number of aryl methyl sites for hydroxylation is 2. The number of thiazole rings is 1. The first-order valence-electron chi connectivity index (χ1n) is 13.7. The molecule has 0 amide bonds. The zero-order chi connectivity index (χ0) is 34.5. The van der Waals surface area contributed by atoms with Gasteiger partial charge in [-0.1, -0.05) is 11.6 Å². The second-order valence-electron chi connectivity index (χ2n) is 10.6. The van der Waals surface area contributed by atoms with Gasteiger partial charge in [-0.2, -0.15) is 10.2 Å². The van der Waals surface area contributed by atoms with Crippen LogP contribution in [0.4, 0.5) is 28.4 Å². The van der Waals surface area contributed by atoms with Crippen molar-refractivity contribution < 1.29 is 90.2 Å². The molecule has 0 aliphatic carbocycles. The molecule has 0 fully saturated rings. The second-order valence-corrected chi connectivity index (χ2v) is 14.7. The molecule has 0 saturated carbocycles. The van der Waals surface area contributed by atoms with Crippen LogP contribution in [-0.2, 0) is 20.2 Å². The maximum atomic E-state index is 12.4. The van der Waals surface area contributed by atoms with E-state index in [2.05, 4.69) is 25.4 Å². The summed E-state index contributed by atoms with van der Waals surface area (Å²) in [6.45, 7) is 3.30. The minimum absolute atomic E-state index is 0. The van der Waals surface area contributed by atoms with Crippen LogP contribution in [0.3, 0.4) is 0 Å². The average Bonchev–Trinajstić information content (AvgIpc) is 3.46. The molecule has 0 aliphatic heterocycles.